The van der Waals surface area contributed by atoms with Gasteiger partial charge in [-0.05, 0) is 42.5 Å². The van der Waals surface area contributed by atoms with Crippen molar-refractivity contribution in [2.45, 2.75) is 38.2 Å². The predicted molar refractivity (Wildman–Crippen MR) is 109 cm³/mol. The SMILES string of the molecule is C=CCOc1ccc(-c2ccc(C3CCC(/C=C/CC)OC3)cc2)c(F)c1F. The third-order valence-electron chi connectivity index (χ3n) is 4.99. The fraction of sp³-hybridized carbons (Fsp3) is 0.333. The van der Waals surface area contributed by atoms with Crippen LogP contribution in [0.5, 0.6) is 5.75 Å². The Kier molecular flexibility index (Phi) is 6.99. The van der Waals surface area contributed by atoms with Crippen molar-refractivity contribution in [1.82, 2.24) is 0 Å². The molecule has 1 fully saturated rings. The molecule has 2 aromatic rings. The molecule has 2 nitrogen and oxygen atoms in total. The van der Waals surface area contributed by atoms with Gasteiger partial charge in [-0.2, -0.15) is 4.39 Å². The minimum atomic E-state index is -0.977. The molecule has 0 aliphatic carbocycles. The molecule has 0 spiro atoms. The Balaban J connectivity index is 1.70. The smallest absolute Gasteiger partial charge is 0.201 e. The molecule has 0 bridgehead atoms. The molecule has 3 rings (SSSR count). The van der Waals surface area contributed by atoms with Crippen LogP contribution in [0.4, 0.5) is 8.78 Å². The van der Waals surface area contributed by atoms with E-state index in [1.54, 1.807) is 6.07 Å². The Morgan fingerprint density at radius 2 is 1.89 bits per heavy atom. The van der Waals surface area contributed by atoms with Crippen LogP contribution in [0.15, 0.2) is 61.2 Å². The molecule has 2 unspecified atom stereocenters. The number of ether oxygens (including phenoxy) is 2. The number of hydrogen-bond donors (Lipinski definition) is 0. The highest BCUT2D eigenvalue weighted by molar-refractivity contribution is 5.65. The average Bonchev–Trinajstić information content (AvgIpc) is 2.74. The lowest BCUT2D eigenvalue weighted by molar-refractivity contribution is 0.0326. The summed E-state index contributed by atoms with van der Waals surface area (Å²) < 4.78 is 39.7. The fourth-order valence-corrected chi connectivity index (χ4v) is 3.42. The van der Waals surface area contributed by atoms with E-state index in [1.165, 1.54) is 12.1 Å². The minimum absolute atomic E-state index is 0.108. The first-order chi connectivity index (χ1) is 13.6. The van der Waals surface area contributed by atoms with Crippen molar-refractivity contribution in [3.05, 3.63) is 78.4 Å². The predicted octanol–water partition coefficient (Wildman–Crippen LogP) is 6.43. The molecule has 0 N–H and O–H groups in total. The molecular formula is C24H26F2O2. The maximum Gasteiger partial charge on any atom is 0.201 e. The molecule has 1 saturated heterocycles. The van der Waals surface area contributed by atoms with Gasteiger partial charge in [-0.25, -0.2) is 4.39 Å². The number of hydrogen-bond acceptors (Lipinski definition) is 2. The van der Waals surface area contributed by atoms with Gasteiger partial charge in [0.05, 0.1) is 12.7 Å². The van der Waals surface area contributed by atoms with Gasteiger partial charge in [-0.1, -0.05) is 56.0 Å². The lowest BCUT2D eigenvalue weighted by Gasteiger charge is -2.27. The van der Waals surface area contributed by atoms with Crippen molar-refractivity contribution in [2.24, 2.45) is 0 Å². The van der Waals surface area contributed by atoms with Gasteiger partial charge in [0, 0.05) is 11.5 Å². The van der Waals surface area contributed by atoms with E-state index in [-0.39, 0.29) is 24.0 Å². The van der Waals surface area contributed by atoms with E-state index < -0.39 is 11.6 Å². The molecule has 2 atom stereocenters. The van der Waals surface area contributed by atoms with Crippen molar-refractivity contribution in [2.75, 3.05) is 13.2 Å². The minimum Gasteiger partial charge on any atom is -0.486 e. The summed E-state index contributed by atoms with van der Waals surface area (Å²) in [6, 6.07) is 10.6. The zero-order chi connectivity index (χ0) is 19.9. The molecule has 1 heterocycles. The van der Waals surface area contributed by atoms with Gasteiger partial charge in [-0.15, -0.1) is 0 Å². The average molecular weight is 384 g/mol. The number of rotatable bonds is 7. The van der Waals surface area contributed by atoms with Gasteiger partial charge in [0.2, 0.25) is 5.82 Å². The van der Waals surface area contributed by atoms with Crippen molar-refractivity contribution in [3.63, 3.8) is 0 Å². The molecule has 0 radical (unpaired) electrons. The van der Waals surface area contributed by atoms with Gasteiger partial charge in [0.15, 0.2) is 11.6 Å². The molecule has 2 aromatic carbocycles. The Labute approximate surface area is 165 Å². The summed E-state index contributed by atoms with van der Waals surface area (Å²) in [5.41, 5.74) is 2.02. The first kappa shape index (κ1) is 20.3. The van der Waals surface area contributed by atoms with E-state index in [2.05, 4.69) is 25.7 Å². The normalized spacial score (nSPS) is 19.7. The zero-order valence-electron chi connectivity index (χ0n) is 16.2. The molecule has 0 amide bonds. The van der Waals surface area contributed by atoms with Crippen LogP contribution in [0.2, 0.25) is 0 Å². The summed E-state index contributed by atoms with van der Waals surface area (Å²) in [7, 11) is 0. The molecule has 0 aromatic heterocycles. The first-order valence-electron chi connectivity index (χ1n) is 9.74. The largest absolute Gasteiger partial charge is 0.486 e. The van der Waals surface area contributed by atoms with Gasteiger partial charge >= 0.3 is 0 Å². The Bertz CT molecular complexity index is 819. The van der Waals surface area contributed by atoms with E-state index in [9.17, 15) is 8.78 Å². The highest BCUT2D eigenvalue weighted by atomic mass is 19.2. The third kappa shape index (κ3) is 4.68. The van der Waals surface area contributed by atoms with Gasteiger partial charge < -0.3 is 9.47 Å². The lowest BCUT2D eigenvalue weighted by atomic mass is 9.90. The van der Waals surface area contributed by atoms with Crippen molar-refractivity contribution >= 4 is 0 Å². The molecule has 28 heavy (non-hydrogen) atoms. The second-order valence-electron chi connectivity index (χ2n) is 6.94. The van der Waals surface area contributed by atoms with E-state index >= 15 is 0 Å². The second kappa shape index (κ2) is 9.65. The van der Waals surface area contributed by atoms with Crippen LogP contribution in [-0.4, -0.2) is 19.3 Å². The van der Waals surface area contributed by atoms with E-state index in [0.717, 1.165) is 24.8 Å². The Hall–Kier alpha value is -2.46. The topological polar surface area (TPSA) is 18.5 Å². The van der Waals surface area contributed by atoms with Crippen LogP contribution < -0.4 is 4.74 Å². The summed E-state index contributed by atoms with van der Waals surface area (Å²) in [6.45, 7) is 6.42. The second-order valence-corrected chi connectivity index (χ2v) is 6.94. The van der Waals surface area contributed by atoms with E-state index in [0.29, 0.717) is 18.1 Å². The van der Waals surface area contributed by atoms with Crippen LogP contribution >= 0.6 is 0 Å². The first-order valence-corrected chi connectivity index (χ1v) is 9.74. The highest BCUT2D eigenvalue weighted by Crippen LogP contribution is 2.33. The van der Waals surface area contributed by atoms with Gasteiger partial charge in [0.25, 0.3) is 0 Å². The van der Waals surface area contributed by atoms with Gasteiger partial charge in [0.1, 0.15) is 6.61 Å². The van der Waals surface area contributed by atoms with Crippen molar-refractivity contribution in [1.29, 1.82) is 0 Å². The van der Waals surface area contributed by atoms with E-state index in [1.807, 2.05) is 24.3 Å². The summed E-state index contributed by atoms with van der Waals surface area (Å²) in [6.07, 6.45) is 9.03. The summed E-state index contributed by atoms with van der Waals surface area (Å²) in [5.74, 6) is -1.66. The zero-order valence-corrected chi connectivity index (χ0v) is 16.2. The molecule has 4 heteroatoms. The summed E-state index contributed by atoms with van der Waals surface area (Å²) in [5, 5.41) is 0. The molecular weight excluding hydrogens is 358 g/mol. The molecule has 0 saturated carbocycles. The number of halogens is 2. The van der Waals surface area contributed by atoms with Crippen LogP contribution in [0.1, 0.15) is 37.7 Å². The molecule has 1 aliphatic heterocycles. The third-order valence-corrected chi connectivity index (χ3v) is 4.99. The standard InChI is InChI=1S/C24H26F2O2/c1-3-5-6-20-12-11-19(16-28-20)17-7-9-18(10-8-17)21-13-14-22(27-15-4-2)24(26)23(21)25/h4-10,13-14,19-20H,2-3,11-12,15-16H2,1H3/b6-5+. The van der Waals surface area contributed by atoms with Crippen LogP contribution in [0, 0.1) is 11.6 Å². The lowest BCUT2D eigenvalue weighted by Crippen LogP contribution is -2.23. The number of allylic oxidation sites excluding steroid dienone is 1. The van der Waals surface area contributed by atoms with Crippen LogP contribution in [-0.2, 0) is 4.74 Å². The van der Waals surface area contributed by atoms with Crippen LogP contribution in [0.25, 0.3) is 11.1 Å². The summed E-state index contributed by atoms with van der Waals surface area (Å²) in [4.78, 5) is 0. The maximum atomic E-state index is 14.5. The molecule has 1 aliphatic rings. The van der Waals surface area contributed by atoms with Crippen molar-refractivity contribution < 1.29 is 18.3 Å². The van der Waals surface area contributed by atoms with E-state index in [4.69, 9.17) is 9.47 Å². The number of benzene rings is 2. The maximum absolute atomic E-state index is 14.5. The Morgan fingerprint density at radius 3 is 2.54 bits per heavy atom. The fourth-order valence-electron chi connectivity index (χ4n) is 3.42. The van der Waals surface area contributed by atoms with Gasteiger partial charge in [-0.3, -0.25) is 0 Å². The van der Waals surface area contributed by atoms with Crippen LogP contribution in [0.3, 0.4) is 0 Å². The Morgan fingerprint density at radius 1 is 1.11 bits per heavy atom. The highest BCUT2D eigenvalue weighted by Gasteiger charge is 2.22. The summed E-state index contributed by atoms with van der Waals surface area (Å²) >= 11 is 0. The van der Waals surface area contributed by atoms with Crippen molar-refractivity contribution in [3.8, 4) is 16.9 Å². The monoisotopic (exact) mass is 384 g/mol. The quantitative estimate of drug-likeness (QED) is 0.513. The molecule has 148 valence electrons.